The topological polar surface area (TPSA) is 70.1 Å². The van der Waals surface area contributed by atoms with Crippen LogP contribution in [0.3, 0.4) is 0 Å². The normalized spacial score (nSPS) is 26.7. The van der Waals surface area contributed by atoms with E-state index in [1.165, 1.54) is 4.90 Å². The van der Waals surface area contributed by atoms with Gasteiger partial charge in [0.2, 0.25) is 5.91 Å². The maximum atomic E-state index is 13.0. The highest BCUT2D eigenvalue weighted by atomic mass is 35.5. The van der Waals surface area contributed by atoms with Crippen LogP contribution in [0.2, 0.25) is 5.02 Å². The third-order valence-electron chi connectivity index (χ3n) is 5.87. The van der Waals surface area contributed by atoms with Gasteiger partial charge in [-0.1, -0.05) is 23.7 Å². The largest absolute Gasteiger partial charge is 0.465 e. The van der Waals surface area contributed by atoms with E-state index in [-0.39, 0.29) is 17.7 Å². The minimum Gasteiger partial charge on any atom is -0.465 e. The molecule has 3 rings (SSSR count). The number of likely N-dealkylation sites (N-methyl/N-ethyl adjacent to an activating group) is 1. The zero-order valence-corrected chi connectivity index (χ0v) is 15.9. The number of carbonyl (C=O) groups excluding carboxylic acids is 1. The minimum atomic E-state index is -0.994. The Bertz CT molecular complexity index is 675. The molecule has 0 aliphatic carbocycles. The van der Waals surface area contributed by atoms with Crippen LogP contribution in [0.4, 0.5) is 4.79 Å². The van der Waals surface area contributed by atoms with Gasteiger partial charge in [-0.3, -0.25) is 4.79 Å². The molecule has 7 heteroatoms. The average Bonchev–Trinajstić information content (AvgIpc) is 3.00. The van der Waals surface area contributed by atoms with E-state index >= 15 is 0 Å². The summed E-state index contributed by atoms with van der Waals surface area (Å²) in [7, 11) is 1.58. The summed E-state index contributed by atoms with van der Waals surface area (Å²) in [4.78, 5) is 27.8. The fourth-order valence-corrected chi connectivity index (χ4v) is 4.19. The summed E-state index contributed by atoms with van der Waals surface area (Å²) in [5.41, 5.74) is 0.299. The van der Waals surface area contributed by atoms with E-state index in [4.69, 9.17) is 16.3 Å². The predicted octanol–water partition coefficient (Wildman–Crippen LogP) is 3.06. The van der Waals surface area contributed by atoms with Crippen molar-refractivity contribution in [3.05, 3.63) is 34.9 Å². The van der Waals surface area contributed by atoms with Gasteiger partial charge in [-0.2, -0.15) is 0 Å². The Morgan fingerprint density at radius 1 is 1.27 bits per heavy atom. The second-order valence-electron chi connectivity index (χ2n) is 7.41. The van der Waals surface area contributed by atoms with Crippen LogP contribution in [0.5, 0.6) is 0 Å². The van der Waals surface area contributed by atoms with Crippen molar-refractivity contribution < 1.29 is 19.4 Å². The molecular formula is C19H25ClN2O4. The molecule has 1 N–H and O–H groups in total. The highest BCUT2D eigenvalue weighted by Crippen LogP contribution is 2.41. The number of ether oxygens (including phenoxy) is 1. The summed E-state index contributed by atoms with van der Waals surface area (Å²) in [5.74, 6) is -0.0356. The summed E-state index contributed by atoms with van der Waals surface area (Å²) >= 11 is 6.00. The predicted molar refractivity (Wildman–Crippen MR) is 98.5 cm³/mol. The quantitative estimate of drug-likeness (QED) is 0.874. The number of benzene rings is 1. The summed E-state index contributed by atoms with van der Waals surface area (Å²) in [5, 5.41) is 10.2. The van der Waals surface area contributed by atoms with Gasteiger partial charge >= 0.3 is 6.09 Å². The van der Waals surface area contributed by atoms with Gasteiger partial charge in [0.1, 0.15) is 0 Å². The second-order valence-corrected chi connectivity index (χ2v) is 7.84. The van der Waals surface area contributed by atoms with Crippen molar-refractivity contribution >= 4 is 23.6 Å². The maximum Gasteiger partial charge on any atom is 0.407 e. The van der Waals surface area contributed by atoms with Crippen molar-refractivity contribution in [3.63, 3.8) is 0 Å². The van der Waals surface area contributed by atoms with E-state index in [2.05, 4.69) is 0 Å². The van der Waals surface area contributed by atoms with Crippen LogP contribution in [0, 0.1) is 5.92 Å². The molecular weight excluding hydrogens is 356 g/mol. The lowest BCUT2D eigenvalue weighted by Gasteiger charge is -2.38. The molecule has 2 saturated heterocycles. The monoisotopic (exact) mass is 380 g/mol. The molecule has 0 spiro atoms. The van der Waals surface area contributed by atoms with Crippen molar-refractivity contribution in [2.24, 2.45) is 5.92 Å². The van der Waals surface area contributed by atoms with Crippen molar-refractivity contribution in [2.45, 2.75) is 31.2 Å². The van der Waals surface area contributed by atoms with E-state index < -0.39 is 11.6 Å². The highest BCUT2D eigenvalue weighted by Gasteiger charge is 2.50. The summed E-state index contributed by atoms with van der Waals surface area (Å²) in [6.07, 6.45) is 0.464. The average molecular weight is 381 g/mol. The fourth-order valence-electron chi connectivity index (χ4n) is 4.07. The molecule has 1 aromatic carbocycles. The van der Waals surface area contributed by atoms with Gasteiger partial charge < -0.3 is 19.6 Å². The molecule has 0 saturated carbocycles. The number of nitrogens with zero attached hydrogens (tertiary/aromatic N) is 2. The van der Waals surface area contributed by atoms with E-state index in [1.807, 2.05) is 24.0 Å². The van der Waals surface area contributed by atoms with Gasteiger partial charge in [0, 0.05) is 50.2 Å². The second kappa shape index (κ2) is 7.45. The number of likely N-dealkylation sites (tertiary alicyclic amines) is 1. The fraction of sp³-hybridized carbons (Fsp3) is 0.579. The Morgan fingerprint density at radius 3 is 2.46 bits per heavy atom. The Labute approximate surface area is 158 Å². The summed E-state index contributed by atoms with van der Waals surface area (Å²) < 4.78 is 5.36. The number of rotatable bonds is 3. The van der Waals surface area contributed by atoms with Gasteiger partial charge in [0.15, 0.2) is 0 Å². The molecule has 0 aromatic heterocycles. The molecule has 2 heterocycles. The lowest BCUT2D eigenvalue weighted by atomic mass is 9.82. The van der Waals surface area contributed by atoms with E-state index in [0.717, 1.165) is 18.4 Å². The lowest BCUT2D eigenvalue weighted by molar-refractivity contribution is -0.137. The van der Waals surface area contributed by atoms with Gasteiger partial charge in [-0.25, -0.2) is 4.79 Å². The first-order chi connectivity index (χ1) is 12.3. The zero-order chi connectivity index (χ0) is 18.9. The molecule has 142 valence electrons. The van der Waals surface area contributed by atoms with E-state index in [1.54, 1.807) is 19.2 Å². The van der Waals surface area contributed by atoms with Crippen LogP contribution in [-0.4, -0.2) is 65.8 Å². The van der Waals surface area contributed by atoms with E-state index in [0.29, 0.717) is 31.3 Å². The van der Waals surface area contributed by atoms with Gasteiger partial charge in [0.05, 0.1) is 5.54 Å². The summed E-state index contributed by atoms with van der Waals surface area (Å²) in [6.45, 7) is 4.02. The number of carbonyl (C=O) groups is 2. The molecule has 2 amide bonds. The first-order valence-corrected chi connectivity index (χ1v) is 9.29. The molecule has 2 fully saturated rings. The summed E-state index contributed by atoms with van der Waals surface area (Å²) in [6, 6.07) is 7.45. The van der Waals surface area contributed by atoms with Crippen molar-refractivity contribution in [3.8, 4) is 0 Å². The molecule has 26 heavy (non-hydrogen) atoms. The van der Waals surface area contributed by atoms with Crippen molar-refractivity contribution in [1.29, 1.82) is 0 Å². The number of halogens is 1. The van der Waals surface area contributed by atoms with Crippen LogP contribution in [0.15, 0.2) is 24.3 Å². The molecule has 2 aliphatic rings. The number of hydrogen-bond acceptors (Lipinski definition) is 3. The minimum absolute atomic E-state index is 0.0351. The molecule has 2 atom stereocenters. The number of hydrogen-bond donors (Lipinski definition) is 1. The van der Waals surface area contributed by atoms with E-state index in [9.17, 15) is 14.7 Å². The van der Waals surface area contributed by atoms with Gasteiger partial charge in [0.25, 0.3) is 0 Å². The van der Waals surface area contributed by atoms with Crippen LogP contribution in [-0.2, 0) is 9.53 Å². The number of carboxylic acid groups (broad SMARTS) is 1. The van der Waals surface area contributed by atoms with Crippen LogP contribution in [0.25, 0.3) is 0 Å². The lowest BCUT2D eigenvalue weighted by Crippen LogP contribution is -2.52. The SMILES string of the molecule is CN(C(=O)O)[C@@]1(C)CN(C(=O)C2CCOCC2)C[C@@H]1c1ccc(Cl)cc1. The molecule has 6 nitrogen and oxygen atoms in total. The highest BCUT2D eigenvalue weighted by molar-refractivity contribution is 6.30. The van der Waals surface area contributed by atoms with Crippen LogP contribution < -0.4 is 0 Å². The zero-order valence-electron chi connectivity index (χ0n) is 15.2. The van der Waals surface area contributed by atoms with Crippen LogP contribution >= 0.6 is 11.6 Å². The number of amides is 2. The third kappa shape index (κ3) is 3.53. The first kappa shape index (κ1) is 19.0. The van der Waals surface area contributed by atoms with Gasteiger partial charge in [-0.05, 0) is 37.5 Å². The maximum absolute atomic E-state index is 13.0. The van der Waals surface area contributed by atoms with Crippen molar-refractivity contribution in [2.75, 3.05) is 33.4 Å². The molecule has 2 aliphatic heterocycles. The Balaban J connectivity index is 1.88. The Kier molecular flexibility index (Phi) is 5.44. The Morgan fingerprint density at radius 2 is 1.88 bits per heavy atom. The third-order valence-corrected chi connectivity index (χ3v) is 6.12. The standard InChI is InChI=1S/C19H25ClN2O4/c1-19(21(2)18(24)25)12-22(17(23)14-7-9-26-10-8-14)11-16(19)13-3-5-15(20)6-4-13/h3-6,14,16H,7-12H2,1-2H3,(H,24,25)/t16-,19+/m1/s1. The molecule has 1 aromatic rings. The smallest absolute Gasteiger partial charge is 0.407 e. The Hall–Kier alpha value is -1.79. The van der Waals surface area contributed by atoms with Crippen molar-refractivity contribution in [1.82, 2.24) is 9.80 Å². The van der Waals surface area contributed by atoms with Gasteiger partial charge in [-0.15, -0.1) is 0 Å². The molecule has 0 bridgehead atoms. The molecule has 0 unspecified atom stereocenters. The van der Waals surface area contributed by atoms with Crippen LogP contribution in [0.1, 0.15) is 31.2 Å². The first-order valence-electron chi connectivity index (χ1n) is 8.91. The molecule has 0 radical (unpaired) electrons.